The first-order valence-electron chi connectivity index (χ1n) is 5.19. The van der Waals surface area contributed by atoms with Gasteiger partial charge in [-0.3, -0.25) is 0 Å². The molecule has 0 aliphatic heterocycles. The van der Waals surface area contributed by atoms with Crippen molar-refractivity contribution >= 4 is 43.2 Å². The summed E-state index contributed by atoms with van der Waals surface area (Å²) in [5, 5.41) is 10.5. The molecule has 1 aromatic carbocycles. The van der Waals surface area contributed by atoms with Gasteiger partial charge in [-0.25, -0.2) is 0 Å². The molecule has 0 amide bonds. The van der Waals surface area contributed by atoms with Gasteiger partial charge in [0.15, 0.2) is 0 Å². The molecule has 0 saturated heterocycles. The van der Waals surface area contributed by atoms with Crippen molar-refractivity contribution < 1.29 is 5.11 Å². The van der Waals surface area contributed by atoms with Crippen molar-refractivity contribution in [3.8, 4) is 0 Å². The lowest BCUT2D eigenvalue weighted by Crippen LogP contribution is -2.00. The van der Waals surface area contributed by atoms with Crippen LogP contribution in [0.25, 0.3) is 0 Å². The van der Waals surface area contributed by atoms with Crippen LogP contribution in [0.5, 0.6) is 0 Å². The molecular formula is C13H12Br2OS. The molecule has 0 aliphatic rings. The molecular weight excluding hydrogens is 364 g/mol. The number of benzene rings is 1. The van der Waals surface area contributed by atoms with E-state index in [1.54, 1.807) is 11.3 Å². The number of rotatable bonds is 2. The highest BCUT2D eigenvalue weighted by atomic mass is 79.9. The average Bonchev–Trinajstić information content (AvgIpc) is 2.60. The molecule has 1 nitrogen and oxygen atoms in total. The number of hydrogen-bond donors (Lipinski definition) is 1. The summed E-state index contributed by atoms with van der Waals surface area (Å²) >= 11 is 8.56. The maximum atomic E-state index is 10.5. The van der Waals surface area contributed by atoms with E-state index in [0.29, 0.717) is 0 Å². The Hall–Kier alpha value is -0.160. The molecule has 2 aromatic rings. The van der Waals surface area contributed by atoms with Crippen molar-refractivity contribution in [1.29, 1.82) is 0 Å². The Labute approximate surface area is 122 Å². The van der Waals surface area contributed by atoms with Gasteiger partial charge in [0.05, 0.1) is 4.88 Å². The first-order valence-corrected chi connectivity index (χ1v) is 7.59. The molecule has 0 spiro atoms. The van der Waals surface area contributed by atoms with Gasteiger partial charge in [-0.2, -0.15) is 0 Å². The molecule has 0 bridgehead atoms. The SMILES string of the molecule is Cc1cc(Br)c(C(O)c2cc(Br)ccc2C)s1. The summed E-state index contributed by atoms with van der Waals surface area (Å²) < 4.78 is 1.97. The minimum absolute atomic E-state index is 0.569. The fraction of sp³-hybridized carbons (Fsp3) is 0.231. The van der Waals surface area contributed by atoms with E-state index >= 15 is 0 Å². The zero-order chi connectivity index (χ0) is 12.6. The van der Waals surface area contributed by atoms with Gasteiger partial charge in [0.25, 0.3) is 0 Å². The van der Waals surface area contributed by atoms with Crippen LogP contribution >= 0.6 is 43.2 Å². The third-order valence-corrected chi connectivity index (χ3v) is 5.14. The van der Waals surface area contributed by atoms with Crippen molar-refractivity contribution in [2.45, 2.75) is 20.0 Å². The van der Waals surface area contributed by atoms with Crippen LogP contribution in [-0.2, 0) is 0 Å². The average molecular weight is 376 g/mol. The third-order valence-electron chi connectivity index (χ3n) is 2.62. The second-order valence-electron chi connectivity index (χ2n) is 3.97. The van der Waals surface area contributed by atoms with Crippen LogP contribution < -0.4 is 0 Å². The number of aryl methyl sites for hydroxylation is 2. The van der Waals surface area contributed by atoms with Crippen molar-refractivity contribution in [3.63, 3.8) is 0 Å². The summed E-state index contributed by atoms with van der Waals surface area (Å²) in [4.78, 5) is 2.15. The highest BCUT2D eigenvalue weighted by Crippen LogP contribution is 2.37. The van der Waals surface area contributed by atoms with E-state index < -0.39 is 6.10 Å². The fourth-order valence-corrected chi connectivity index (χ4v) is 3.99. The van der Waals surface area contributed by atoms with Gasteiger partial charge in [0.2, 0.25) is 0 Å². The van der Waals surface area contributed by atoms with E-state index in [1.807, 2.05) is 38.1 Å². The summed E-state index contributed by atoms with van der Waals surface area (Å²) in [6.45, 7) is 4.05. The number of hydrogen-bond acceptors (Lipinski definition) is 2. The molecule has 0 fully saturated rings. The van der Waals surface area contributed by atoms with E-state index in [1.165, 1.54) is 4.88 Å². The number of aliphatic hydroxyl groups is 1. The van der Waals surface area contributed by atoms with E-state index in [4.69, 9.17) is 0 Å². The highest BCUT2D eigenvalue weighted by molar-refractivity contribution is 9.10. The maximum Gasteiger partial charge on any atom is 0.115 e. The van der Waals surface area contributed by atoms with Crippen LogP contribution in [0, 0.1) is 13.8 Å². The zero-order valence-corrected chi connectivity index (χ0v) is 13.5. The molecule has 1 N–H and O–H groups in total. The summed E-state index contributed by atoms with van der Waals surface area (Å²) in [5.41, 5.74) is 2.04. The Morgan fingerprint density at radius 3 is 2.47 bits per heavy atom. The minimum atomic E-state index is -0.569. The van der Waals surface area contributed by atoms with Gasteiger partial charge in [0, 0.05) is 13.8 Å². The smallest absolute Gasteiger partial charge is 0.115 e. The van der Waals surface area contributed by atoms with Crippen molar-refractivity contribution in [2.24, 2.45) is 0 Å². The lowest BCUT2D eigenvalue weighted by molar-refractivity contribution is 0.222. The van der Waals surface area contributed by atoms with Crippen LogP contribution in [0.3, 0.4) is 0 Å². The predicted molar refractivity (Wildman–Crippen MR) is 79.7 cm³/mol. The molecule has 1 aromatic heterocycles. The molecule has 0 aliphatic carbocycles. The largest absolute Gasteiger partial charge is 0.383 e. The number of aliphatic hydroxyl groups excluding tert-OH is 1. The molecule has 1 heterocycles. The van der Waals surface area contributed by atoms with Gasteiger partial charge < -0.3 is 5.11 Å². The Balaban J connectivity index is 2.46. The highest BCUT2D eigenvalue weighted by Gasteiger charge is 2.18. The first kappa shape index (κ1) is 13.3. The molecule has 0 saturated carbocycles. The van der Waals surface area contributed by atoms with E-state index in [2.05, 4.69) is 31.9 Å². The van der Waals surface area contributed by atoms with Crippen molar-refractivity contribution in [3.05, 3.63) is 54.1 Å². The van der Waals surface area contributed by atoms with Crippen LogP contribution in [0.4, 0.5) is 0 Å². The summed E-state index contributed by atoms with van der Waals surface area (Å²) in [6, 6.07) is 8.01. The molecule has 2 rings (SSSR count). The van der Waals surface area contributed by atoms with Crippen LogP contribution in [0.15, 0.2) is 33.2 Å². The maximum absolute atomic E-state index is 10.5. The Morgan fingerprint density at radius 2 is 1.88 bits per heavy atom. The van der Waals surface area contributed by atoms with E-state index in [9.17, 15) is 5.11 Å². The van der Waals surface area contributed by atoms with Gasteiger partial charge in [-0.1, -0.05) is 22.0 Å². The minimum Gasteiger partial charge on any atom is -0.383 e. The molecule has 4 heteroatoms. The standard InChI is InChI=1S/C13H12Br2OS/c1-7-3-4-9(14)6-10(7)12(16)13-11(15)5-8(2)17-13/h3-6,12,16H,1-2H3. The summed E-state index contributed by atoms with van der Waals surface area (Å²) in [5.74, 6) is 0. The topological polar surface area (TPSA) is 20.2 Å². The molecule has 90 valence electrons. The zero-order valence-electron chi connectivity index (χ0n) is 9.50. The molecule has 1 atom stereocenters. The normalized spacial score (nSPS) is 12.8. The Kier molecular flexibility index (Phi) is 4.08. The molecule has 0 radical (unpaired) electrons. The first-order chi connectivity index (χ1) is 7.99. The number of thiophene rings is 1. The van der Waals surface area contributed by atoms with Gasteiger partial charge in [0.1, 0.15) is 6.10 Å². The van der Waals surface area contributed by atoms with Crippen LogP contribution in [0.1, 0.15) is 27.0 Å². The quantitative estimate of drug-likeness (QED) is 0.785. The summed E-state index contributed by atoms with van der Waals surface area (Å²) in [7, 11) is 0. The lowest BCUT2D eigenvalue weighted by Gasteiger charge is -2.13. The monoisotopic (exact) mass is 374 g/mol. The Morgan fingerprint density at radius 1 is 1.18 bits per heavy atom. The van der Waals surface area contributed by atoms with Crippen LogP contribution in [0.2, 0.25) is 0 Å². The van der Waals surface area contributed by atoms with E-state index in [-0.39, 0.29) is 0 Å². The fourth-order valence-electron chi connectivity index (χ4n) is 1.73. The predicted octanol–water partition coefficient (Wildman–Crippen LogP) is 4.97. The lowest BCUT2D eigenvalue weighted by atomic mass is 10.0. The second kappa shape index (κ2) is 5.22. The van der Waals surface area contributed by atoms with Gasteiger partial charge in [-0.05, 0) is 59.1 Å². The summed E-state index contributed by atoms with van der Waals surface area (Å²) in [6.07, 6.45) is -0.569. The van der Waals surface area contributed by atoms with Crippen LogP contribution in [-0.4, -0.2) is 5.11 Å². The second-order valence-corrected chi connectivity index (χ2v) is 7.03. The van der Waals surface area contributed by atoms with Gasteiger partial charge >= 0.3 is 0 Å². The third kappa shape index (κ3) is 2.81. The molecule has 1 unspecified atom stereocenters. The van der Waals surface area contributed by atoms with Gasteiger partial charge in [-0.15, -0.1) is 11.3 Å². The Bertz CT molecular complexity index is 548. The van der Waals surface area contributed by atoms with Crippen molar-refractivity contribution in [2.75, 3.05) is 0 Å². The van der Waals surface area contributed by atoms with E-state index in [0.717, 1.165) is 24.9 Å². The number of halogens is 2. The molecule has 17 heavy (non-hydrogen) atoms. The van der Waals surface area contributed by atoms with Crippen molar-refractivity contribution in [1.82, 2.24) is 0 Å².